The number of phenolic OH excluding ortho intramolecular Hbond substituents is 1. The highest BCUT2D eigenvalue weighted by Crippen LogP contribution is 2.60. The Morgan fingerprint density at radius 1 is 1.00 bits per heavy atom. The molecule has 0 radical (unpaired) electrons. The average molecular weight is 706 g/mol. The summed E-state index contributed by atoms with van der Waals surface area (Å²) in [4.78, 5) is 3.68. The lowest BCUT2D eigenvalue weighted by atomic mass is 9.66. The number of hydrogen-bond donors (Lipinski definition) is 7. The number of nitrogens with two attached hydrogens (primary N) is 1. The Bertz CT molecular complexity index is 1520. The number of H-pyrrole nitrogens is 1. The van der Waals surface area contributed by atoms with Crippen LogP contribution in [-0.4, -0.2) is 57.8 Å². The van der Waals surface area contributed by atoms with Crippen molar-refractivity contribution in [3.05, 3.63) is 69.9 Å². The molecule has 0 bridgehead atoms. The number of unbranched alkanes of at least 4 members (excludes halogenated alkanes) is 4. The van der Waals surface area contributed by atoms with Gasteiger partial charge in [-0.3, -0.25) is 0 Å². The number of rotatable bonds is 19. The van der Waals surface area contributed by atoms with Crippen molar-refractivity contribution < 1.29 is 29.6 Å². The van der Waals surface area contributed by atoms with Gasteiger partial charge in [0.25, 0.3) is 0 Å². The molecule has 3 aliphatic rings. The first-order valence-electron chi connectivity index (χ1n) is 19.9. The Kier molecular flexibility index (Phi) is 13.2. The molecular weight excluding hydrogens is 642 g/mol. The molecule has 1 aromatic carbocycles. The van der Waals surface area contributed by atoms with Crippen LogP contribution in [0.5, 0.6) is 11.5 Å². The number of phenols is 1. The molecule has 3 aliphatic carbocycles. The first kappa shape index (κ1) is 37.9. The predicted molar refractivity (Wildman–Crippen MR) is 200 cm³/mol. The first-order chi connectivity index (χ1) is 24.8. The third kappa shape index (κ3) is 9.22. The number of benzene rings is 1. The van der Waals surface area contributed by atoms with Crippen molar-refractivity contribution in [1.29, 1.82) is 0 Å². The lowest BCUT2D eigenvalue weighted by Gasteiger charge is -2.39. The highest BCUT2D eigenvalue weighted by Gasteiger charge is 2.51. The van der Waals surface area contributed by atoms with Crippen LogP contribution in [0.15, 0.2) is 34.7 Å². The minimum absolute atomic E-state index is 0.0200. The SMILES string of the molecule is C[C@H](O)CNC[C@@H]1c2cc([C@@H](O)COc3cc(CCc4cc(CO)c(CCCCCCCN)o4)ccc3O)[nH]c2CC2(CCCC2)[C@H]2CCC[C@@H]12. The van der Waals surface area contributed by atoms with Crippen molar-refractivity contribution in [2.75, 3.05) is 26.2 Å². The number of aliphatic hydroxyl groups excluding tert-OH is 3. The summed E-state index contributed by atoms with van der Waals surface area (Å²) >= 11 is 0. The molecule has 2 saturated carbocycles. The molecule has 1 spiro atoms. The largest absolute Gasteiger partial charge is 0.504 e. The van der Waals surface area contributed by atoms with Gasteiger partial charge in [-0.1, -0.05) is 44.6 Å². The van der Waals surface area contributed by atoms with Crippen molar-refractivity contribution in [2.24, 2.45) is 23.0 Å². The van der Waals surface area contributed by atoms with Crippen LogP contribution in [-0.2, 0) is 32.3 Å². The Morgan fingerprint density at radius 2 is 1.80 bits per heavy atom. The Labute approximate surface area is 304 Å². The van der Waals surface area contributed by atoms with Crippen molar-refractivity contribution in [2.45, 2.75) is 134 Å². The second-order valence-electron chi connectivity index (χ2n) is 16.0. The summed E-state index contributed by atoms with van der Waals surface area (Å²) in [6, 6.07) is 9.52. The van der Waals surface area contributed by atoms with Crippen LogP contribution in [0, 0.1) is 17.3 Å². The van der Waals surface area contributed by atoms with E-state index in [2.05, 4.69) is 16.4 Å². The van der Waals surface area contributed by atoms with E-state index in [-0.39, 0.29) is 25.1 Å². The van der Waals surface area contributed by atoms with Gasteiger partial charge in [0.15, 0.2) is 11.5 Å². The van der Waals surface area contributed by atoms with E-state index >= 15 is 0 Å². The quantitative estimate of drug-likeness (QED) is 0.0676. The summed E-state index contributed by atoms with van der Waals surface area (Å²) in [5.74, 6) is 3.81. The summed E-state index contributed by atoms with van der Waals surface area (Å²) in [5, 5.41) is 45.5. The van der Waals surface area contributed by atoms with Gasteiger partial charge in [0.1, 0.15) is 24.2 Å². The van der Waals surface area contributed by atoms with Crippen LogP contribution in [0.1, 0.15) is 136 Å². The summed E-state index contributed by atoms with van der Waals surface area (Å²) in [5.41, 5.74) is 11.1. The van der Waals surface area contributed by atoms with Crippen molar-refractivity contribution in [1.82, 2.24) is 10.3 Å². The zero-order chi connectivity index (χ0) is 35.8. The van der Waals surface area contributed by atoms with E-state index in [0.29, 0.717) is 42.4 Å². The molecule has 9 heteroatoms. The minimum atomic E-state index is -0.871. The molecule has 0 amide bonds. The van der Waals surface area contributed by atoms with Gasteiger partial charge in [-0.2, -0.15) is 0 Å². The van der Waals surface area contributed by atoms with Crippen molar-refractivity contribution in [3.8, 4) is 11.5 Å². The molecule has 8 N–H and O–H groups in total. The maximum atomic E-state index is 11.4. The standard InChI is InChI=1S/C42H63N3O6/c1-28(47)24-44-25-34-32-10-9-11-35(32)42(17-6-7-18-42)23-37-33(34)22-36(45-37)39(49)27-50-41-20-29(14-16-38(41)48)13-15-31-21-30(26-46)40(51-31)12-5-3-2-4-8-19-43/h14,16,20-22,28,32,34-35,39,44-49H,2-13,15,17-19,23-27,43H2,1H3/t28-,32-,34-,35-,39-/m0/s1. The number of aromatic amines is 1. The molecule has 6 rings (SSSR count). The summed E-state index contributed by atoms with van der Waals surface area (Å²) < 4.78 is 12.2. The third-order valence-corrected chi connectivity index (χ3v) is 12.3. The Morgan fingerprint density at radius 3 is 2.59 bits per heavy atom. The summed E-state index contributed by atoms with van der Waals surface area (Å²) in [6.07, 6.45) is 16.5. The van der Waals surface area contributed by atoms with Gasteiger partial charge >= 0.3 is 0 Å². The number of aryl methyl sites for hydroxylation is 3. The average Bonchev–Trinajstić information content (AvgIpc) is 3.94. The van der Waals surface area contributed by atoms with E-state index in [9.17, 15) is 20.4 Å². The molecule has 3 aromatic rings. The van der Waals surface area contributed by atoms with Gasteiger partial charge in [0.05, 0.1) is 12.7 Å². The minimum Gasteiger partial charge on any atom is -0.504 e. The van der Waals surface area contributed by atoms with Gasteiger partial charge < -0.3 is 45.6 Å². The van der Waals surface area contributed by atoms with Gasteiger partial charge in [-0.15, -0.1) is 0 Å². The van der Waals surface area contributed by atoms with E-state index in [4.69, 9.17) is 14.9 Å². The molecule has 9 nitrogen and oxygen atoms in total. The van der Waals surface area contributed by atoms with Crippen molar-refractivity contribution >= 4 is 0 Å². The van der Waals surface area contributed by atoms with E-state index in [0.717, 1.165) is 85.9 Å². The fourth-order valence-electron chi connectivity index (χ4n) is 9.79. The molecule has 0 aliphatic heterocycles. The monoisotopic (exact) mass is 705 g/mol. The van der Waals surface area contributed by atoms with E-state index in [1.54, 1.807) is 6.07 Å². The van der Waals surface area contributed by atoms with Gasteiger partial charge in [-0.05, 0) is 117 Å². The number of ether oxygens (including phenoxy) is 1. The Balaban J connectivity index is 1.09. The highest BCUT2D eigenvalue weighted by molar-refractivity contribution is 5.42. The maximum Gasteiger partial charge on any atom is 0.161 e. The topological polar surface area (TPSA) is 157 Å². The highest BCUT2D eigenvalue weighted by atomic mass is 16.5. The number of nitrogens with one attached hydrogen (secondary N) is 2. The predicted octanol–water partition coefficient (Wildman–Crippen LogP) is 6.74. The molecule has 0 unspecified atom stereocenters. The summed E-state index contributed by atoms with van der Waals surface area (Å²) in [7, 11) is 0. The fraction of sp³-hybridized carbons (Fsp3) is 0.667. The number of aromatic nitrogens is 1. The lowest BCUT2D eigenvalue weighted by Crippen LogP contribution is -2.36. The molecule has 2 aromatic heterocycles. The van der Waals surface area contributed by atoms with Crippen LogP contribution in [0.3, 0.4) is 0 Å². The van der Waals surface area contributed by atoms with E-state index in [1.165, 1.54) is 62.6 Å². The maximum absolute atomic E-state index is 11.4. The lowest BCUT2D eigenvalue weighted by molar-refractivity contribution is 0.101. The molecule has 51 heavy (non-hydrogen) atoms. The van der Waals surface area contributed by atoms with Crippen LogP contribution in [0.2, 0.25) is 0 Å². The Hall–Kier alpha value is -2.82. The number of aliphatic hydroxyl groups is 3. The molecule has 5 atom stereocenters. The molecule has 0 saturated heterocycles. The number of fused-ring (bicyclic) bond motifs is 3. The van der Waals surface area contributed by atoms with Crippen LogP contribution >= 0.6 is 0 Å². The number of hydrogen-bond acceptors (Lipinski definition) is 8. The zero-order valence-electron chi connectivity index (χ0n) is 30.8. The second-order valence-corrected chi connectivity index (χ2v) is 16.0. The summed E-state index contributed by atoms with van der Waals surface area (Å²) in [6.45, 7) is 3.97. The molecule has 282 valence electrons. The number of aromatic hydroxyl groups is 1. The fourth-order valence-corrected chi connectivity index (χ4v) is 9.79. The molecule has 2 fully saturated rings. The van der Waals surface area contributed by atoms with Crippen LogP contribution in [0.25, 0.3) is 0 Å². The van der Waals surface area contributed by atoms with E-state index in [1.807, 2.05) is 25.1 Å². The van der Waals surface area contributed by atoms with Crippen molar-refractivity contribution in [3.63, 3.8) is 0 Å². The van der Waals surface area contributed by atoms with Gasteiger partial charge in [0, 0.05) is 48.8 Å². The second kappa shape index (κ2) is 17.8. The van der Waals surface area contributed by atoms with E-state index < -0.39 is 6.10 Å². The smallest absolute Gasteiger partial charge is 0.161 e. The van der Waals surface area contributed by atoms with Crippen LogP contribution < -0.4 is 15.8 Å². The first-order valence-corrected chi connectivity index (χ1v) is 19.9. The molecule has 2 heterocycles. The van der Waals surface area contributed by atoms with Crippen LogP contribution in [0.4, 0.5) is 0 Å². The zero-order valence-corrected chi connectivity index (χ0v) is 30.8. The molecular formula is C42H63N3O6. The number of furan rings is 1. The third-order valence-electron chi connectivity index (χ3n) is 12.3. The normalized spacial score (nSPS) is 22.2. The van der Waals surface area contributed by atoms with Gasteiger partial charge in [-0.25, -0.2) is 0 Å². The van der Waals surface area contributed by atoms with Gasteiger partial charge in [0.2, 0.25) is 0 Å².